The number of epoxide rings is 1. The molecule has 2 atom stereocenters. The predicted molar refractivity (Wildman–Crippen MR) is 79.2 cm³/mol. The van der Waals surface area contributed by atoms with Crippen LogP contribution >= 0.6 is 0 Å². The molecule has 5 heteroatoms. The molecule has 2 N–H and O–H groups in total. The molecule has 1 aliphatic rings. The molecule has 0 aromatic rings. The number of unbranched alkanes of at least 4 members (excludes halogenated alkanes) is 4. The highest BCUT2D eigenvalue weighted by Crippen LogP contribution is 2.32. The third kappa shape index (κ3) is 7.85. The smallest absolute Gasteiger partial charge is 0.331 e. The number of aliphatic carboxylic acids is 2. The zero-order valence-electron chi connectivity index (χ0n) is 12.7. The van der Waals surface area contributed by atoms with Crippen molar-refractivity contribution in [3.63, 3.8) is 0 Å². The fourth-order valence-corrected chi connectivity index (χ4v) is 2.52. The van der Waals surface area contributed by atoms with Gasteiger partial charge in [0.25, 0.3) is 0 Å². The summed E-state index contributed by atoms with van der Waals surface area (Å²) in [5.41, 5.74) is -0.0423. The number of carbonyl (C=O) groups is 2. The van der Waals surface area contributed by atoms with E-state index in [1.807, 2.05) is 0 Å². The van der Waals surface area contributed by atoms with Crippen LogP contribution in [-0.2, 0) is 14.3 Å². The predicted octanol–water partition coefficient (Wildman–Crippen LogP) is 3.38. The molecule has 1 rings (SSSR count). The first-order chi connectivity index (χ1) is 10.0. The minimum Gasteiger partial charge on any atom is -0.478 e. The molecule has 2 unspecified atom stereocenters. The van der Waals surface area contributed by atoms with Gasteiger partial charge < -0.3 is 14.9 Å². The Hall–Kier alpha value is -1.36. The van der Waals surface area contributed by atoms with Gasteiger partial charge in [0.15, 0.2) is 0 Å². The van der Waals surface area contributed by atoms with Crippen LogP contribution in [0.2, 0.25) is 0 Å². The van der Waals surface area contributed by atoms with Gasteiger partial charge in [-0.05, 0) is 25.7 Å². The van der Waals surface area contributed by atoms with E-state index in [0.717, 1.165) is 18.9 Å². The fourth-order valence-electron chi connectivity index (χ4n) is 2.52. The molecule has 0 bridgehead atoms. The van der Waals surface area contributed by atoms with Crippen LogP contribution in [0.4, 0.5) is 0 Å². The summed E-state index contributed by atoms with van der Waals surface area (Å²) in [6.45, 7) is 2.20. The van der Waals surface area contributed by atoms with E-state index in [0.29, 0.717) is 12.5 Å². The topological polar surface area (TPSA) is 87.1 Å². The van der Waals surface area contributed by atoms with Gasteiger partial charge in [-0.15, -0.1) is 0 Å². The molecular formula is C16H26O5. The Morgan fingerprint density at radius 1 is 1.00 bits per heavy atom. The highest BCUT2D eigenvalue weighted by Gasteiger charge is 2.37. The van der Waals surface area contributed by atoms with Gasteiger partial charge in [0.1, 0.15) is 0 Å². The number of ether oxygens (including phenoxy) is 1. The molecule has 1 aliphatic heterocycles. The van der Waals surface area contributed by atoms with Crippen LogP contribution < -0.4 is 0 Å². The summed E-state index contributed by atoms with van der Waals surface area (Å²) in [4.78, 5) is 21.4. The van der Waals surface area contributed by atoms with Crippen LogP contribution in [0.5, 0.6) is 0 Å². The minimum atomic E-state index is -1.21. The van der Waals surface area contributed by atoms with E-state index < -0.39 is 11.9 Å². The van der Waals surface area contributed by atoms with Gasteiger partial charge in [0.2, 0.25) is 0 Å². The molecule has 0 amide bonds. The summed E-state index contributed by atoms with van der Waals surface area (Å²) in [6.07, 6.45) is 10.5. The third-order valence-corrected chi connectivity index (χ3v) is 3.79. The van der Waals surface area contributed by atoms with Crippen molar-refractivity contribution >= 4 is 11.9 Å². The average molecular weight is 298 g/mol. The van der Waals surface area contributed by atoms with E-state index in [4.69, 9.17) is 14.9 Å². The SMILES string of the molecule is CCCCCCCC1OC1CCCC(=CC(=O)O)C(=O)O. The molecule has 120 valence electrons. The maximum atomic E-state index is 10.9. The maximum absolute atomic E-state index is 10.9. The van der Waals surface area contributed by atoms with Gasteiger partial charge in [0, 0.05) is 11.6 Å². The summed E-state index contributed by atoms with van der Waals surface area (Å²) in [5, 5.41) is 17.5. The summed E-state index contributed by atoms with van der Waals surface area (Å²) < 4.78 is 5.56. The Morgan fingerprint density at radius 3 is 2.19 bits per heavy atom. The average Bonchev–Trinajstić information content (AvgIpc) is 3.15. The van der Waals surface area contributed by atoms with Crippen LogP contribution in [0.25, 0.3) is 0 Å². The molecule has 0 aromatic carbocycles. The summed E-state index contributed by atoms with van der Waals surface area (Å²) in [6, 6.07) is 0. The van der Waals surface area contributed by atoms with Crippen molar-refractivity contribution in [1.29, 1.82) is 0 Å². The lowest BCUT2D eigenvalue weighted by Gasteiger charge is -2.00. The zero-order chi connectivity index (χ0) is 15.7. The second kappa shape index (κ2) is 9.55. The van der Waals surface area contributed by atoms with Crippen LogP contribution in [-0.4, -0.2) is 34.4 Å². The van der Waals surface area contributed by atoms with E-state index in [9.17, 15) is 9.59 Å². The van der Waals surface area contributed by atoms with Crippen molar-refractivity contribution in [2.45, 2.75) is 76.9 Å². The highest BCUT2D eigenvalue weighted by atomic mass is 16.6. The molecule has 1 heterocycles. The molecule has 0 aliphatic carbocycles. The van der Waals surface area contributed by atoms with Gasteiger partial charge in [-0.2, -0.15) is 0 Å². The van der Waals surface area contributed by atoms with Crippen LogP contribution in [0.3, 0.4) is 0 Å². The first kappa shape index (κ1) is 17.7. The standard InChI is InChI=1S/C16H26O5/c1-2-3-4-5-6-9-13-14(21-13)10-7-8-12(16(19)20)11-15(17)18/h11,13-14H,2-10H2,1H3,(H,17,18)(H,19,20). The first-order valence-corrected chi connectivity index (χ1v) is 7.86. The lowest BCUT2D eigenvalue weighted by atomic mass is 10.0. The number of carboxylic acid groups (broad SMARTS) is 2. The number of hydrogen-bond acceptors (Lipinski definition) is 3. The Bertz CT molecular complexity index is 375. The molecule has 0 saturated carbocycles. The van der Waals surface area contributed by atoms with Crippen molar-refractivity contribution in [2.75, 3.05) is 0 Å². The number of rotatable bonds is 12. The monoisotopic (exact) mass is 298 g/mol. The van der Waals surface area contributed by atoms with Gasteiger partial charge in [0.05, 0.1) is 12.2 Å². The van der Waals surface area contributed by atoms with Gasteiger partial charge >= 0.3 is 11.9 Å². The van der Waals surface area contributed by atoms with Crippen molar-refractivity contribution in [3.05, 3.63) is 11.6 Å². The molecule has 21 heavy (non-hydrogen) atoms. The van der Waals surface area contributed by atoms with Crippen molar-refractivity contribution < 1.29 is 24.5 Å². The van der Waals surface area contributed by atoms with Crippen molar-refractivity contribution in [2.24, 2.45) is 0 Å². The minimum absolute atomic E-state index is 0.0423. The second-order valence-corrected chi connectivity index (χ2v) is 5.62. The van der Waals surface area contributed by atoms with Gasteiger partial charge in [-0.3, -0.25) is 0 Å². The van der Waals surface area contributed by atoms with E-state index in [2.05, 4.69) is 6.92 Å². The third-order valence-electron chi connectivity index (χ3n) is 3.79. The summed E-state index contributed by atoms with van der Waals surface area (Å²) in [7, 11) is 0. The molecule has 0 radical (unpaired) electrons. The van der Waals surface area contributed by atoms with E-state index in [1.165, 1.54) is 32.1 Å². The van der Waals surface area contributed by atoms with E-state index >= 15 is 0 Å². The second-order valence-electron chi connectivity index (χ2n) is 5.62. The number of carboxylic acids is 2. The van der Waals surface area contributed by atoms with Crippen LogP contribution in [0, 0.1) is 0 Å². The highest BCUT2D eigenvalue weighted by molar-refractivity contribution is 5.94. The van der Waals surface area contributed by atoms with Crippen LogP contribution in [0.15, 0.2) is 11.6 Å². The molecule has 1 fully saturated rings. The lowest BCUT2D eigenvalue weighted by molar-refractivity contribution is -0.135. The lowest BCUT2D eigenvalue weighted by Crippen LogP contribution is -2.05. The Balaban J connectivity index is 2.09. The van der Waals surface area contributed by atoms with Gasteiger partial charge in [-0.25, -0.2) is 9.59 Å². The first-order valence-electron chi connectivity index (χ1n) is 7.86. The molecule has 5 nitrogen and oxygen atoms in total. The molecule has 1 saturated heterocycles. The normalized spacial score (nSPS) is 21.3. The van der Waals surface area contributed by atoms with Gasteiger partial charge in [-0.1, -0.05) is 39.0 Å². The number of hydrogen-bond donors (Lipinski definition) is 2. The van der Waals surface area contributed by atoms with Crippen molar-refractivity contribution in [1.82, 2.24) is 0 Å². The zero-order valence-corrected chi connectivity index (χ0v) is 12.7. The van der Waals surface area contributed by atoms with E-state index in [1.54, 1.807) is 0 Å². The molecule has 0 aromatic heterocycles. The molecular weight excluding hydrogens is 272 g/mol. The fraction of sp³-hybridized carbons (Fsp3) is 0.750. The maximum Gasteiger partial charge on any atom is 0.331 e. The summed E-state index contributed by atoms with van der Waals surface area (Å²) in [5.74, 6) is -2.36. The summed E-state index contributed by atoms with van der Waals surface area (Å²) >= 11 is 0. The van der Waals surface area contributed by atoms with Crippen molar-refractivity contribution in [3.8, 4) is 0 Å². The van der Waals surface area contributed by atoms with E-state index in [-0.39, 0.29) is 18.1 Å². The molecule has 0 spiro atoms. The Labute approximate surface area is 126 Å². The Kier molecular flexibility index (Phi) is 8.05. The quantitative estimate of drug-likeness (QED) is 0.327. The van der Waals surface area contributed by atoms with Crippen LogP contribution in [0.1, 0.15) is 64.7 Å². The Morgan fingerprint density at radius 2 is 1.62 bits per heavy atom. The largest absolute Gasteiger partial charge is 0.478 e.